The molecule has 2 atom stereocenters. The minimum Gasteiger partial charge on any atom is -0.352 e. The molecule has 1 amide bonds. The third-order valence-electron chi connectivity index (χ3n) is 6.32. The van der Waals surface area contributed by atoms with Gasteiger partial charge in [-0.15, -0.1) is 11.3 Å². The summed E-state index contributed by atoms with van der Waals surface area (Å²) in [5.74, 6) is -0.747. The van der Waals surface area contributed by atoms with E-state index in [0.29, 0.717) is 11.7 Å². The second-order valence-corrected chi connectivity index (χ2v) is 9.83. The van der Waals surface area contributed by atoms with Crippen LogP contribution < -0.4 is 10.6 Å². The fourth-order valence-corrected chi connectivity index (χ4v) is 5.77. The predicted octanol–water partition coefficient (Wildman–Crippen LogP) is 5.09. The van der Waals surface area contributed by atoms with E-state index in [-0.39, 0.29) is 30.1 Å². The predicted molar refractivity (Wildman–Crippen MR) is 143 cm³/mol. The van der Waals surface area contributed by atoms with Crippen LogP contribution in [-0.2, 0) is 4.79 Å². The smallest absolute Gasteiger partial charge is 0.226 e. The van der Waals surface area contributed by atoms with Crippen LogP contribution in [0, 0.1) is 19.7 Å². The maximum Gasteiger partial charge on any atom is 0.226 e. The first-order valence-electron chi connectivity index (χ1n) is 11.5. The summed E-state index contributed by atoms with van der Waals surface area (Å²) in [6.45, 7) is 4.49. The van der Waals surface area contributed by atoms with E-state index in [4.69, 9.17) is 12.2 Å². The molecular weight excluding hydrogens is 495 g/mol. The lowest BCUT2D eigenvalue weighted by atomic mass is 9.96. The van der Waals surface area contributed by atoms with Crippen molar-refractivity contribution in [3.63, 3.8) is 0 Å². The first-order chi connectivity index (χ1) is 17.4. The Morgan fingerprint density at radius 3 is 2.69 bits per heavy atom. The molecular formula is C26H25FN6OS2. The molecule has 4 aromatic rings. The zero-order chi connectivity index (χ0) is 25.2. The number of hydrogen-bond acceptors (Lipinski definition) is 5. The maximum absolute atomic E-state index is 14.0. The number of thiazole rings is 1. The van der Waals surface area contributed by atoms with Gasteiger partial charge in [-0.05, 0) is 62.0 Å². The van der Waals surface area contributed by atoms with E-state index in [1.807, 2.05) is 28.5 Å². The molecule has 184 valence electrons. The summed E-state index contributed by atoms with van der Waals surface area (Å²) in [5, 5.41) is 9.49. The van der Waals surface area contributed by atoms with Gasteiger partial charge in [-0.25, -0.2) is 9.37 Å². The van der Waals surface area contributed by atoms with Crippen molar-refractivity contribution in [2.75, 3.05) is 11.9 Å². The minimum atomic E-state index is -0.466. The molecule has 1 aliphatic rings. The summed E-state index contributed by atoms with van der Waals surface area (Å²) in [7, 11) is 0. The molecule has 1 fully saturated rings. The first kappa shape index (κ1) is 24.1. The van der Waals surface area contributed by atoms with Gasteiger partial charge in [0.1, 0.15) is 5.82 Å². The van der Waals surface area contributed by atoms with Crippen molar-refractivity contribution in [1.29, 1.82) is 0 Å². The number of rotatable bonds is 7. The Bertz CT molecular complexity index is 1390. The van der Waals surface area contributed by atoms with Gasteiger partial charge in [-0.3, -0.25) is 14.3 Å². The van der Waals surface area contributed by atoms with E-state index in [1.165, 1.54) is 6.07 Å². The number of benzene rings is 1. The van der Waals surface area contributed by atoms with E-state index < -0.39 is 5.82 Å². The highest BCUT2D eigenvalue weighted by Gasteiger charge is 2.41. The molecule has 2 unspecified atom stereocenters. The van der Waals surface area contributed by atoms with Gasteiger partial charge >= 0.3 is 0 Å². The average Bonchev–Trinajstić information content (AvgIpc) is 3.58. The number of aromatic nitrogens is 3. The number of carbonyl (C=O) groups is 1. The summed E-state index contributed by atoms with van der Waals surface area (Å²) >= 11 is 7.31. The molecule has 2 N–H and O–H groups in total. The second kappa shape index (κ2) is 10.2. The van der Waals surface area contributed by atoms with Gasteiger partial charge in [0.15, 0.2) is 10.2 Å². The number of nitrogens with zero attached hydrogens (tertiary/aromatic N) is 4. The van der Waals surface area contributed by atoms with Gasteiger partial charge in [0.2, 0.25) is 5.91 Å². The molecule has 0 aliphatic carbocycles. The van der Waals surface area contributed by atoms with E-state index in [0.717, 1.165) is 27.8 Å². The molecule has 3 aromatic heterocycles. The van der Waals surface area contributed by atoms with Crippen molar-refractivity contribution < 1.29 is 9.18 Å². The number of anilines is 1. The van der Waals surface area contributed by atoms with Crippen LogP contribution in [0.15, 0.2) is 66.3 Å². The van der Waals surface area contributed by atoms with Gasteiger partial charge in [0.05, 0.1) is 23.5 Å². The highest BCUT2D eigenvalue weighted by Crippen LogP contribution is 2.41. The highest BCUT2D eigenvalue weighted by atomic mass is 32.1. The summed E-state index contributed by atoms with van der Waals surface area (Å²) < 4.78 is 16.1. The summed E-state index contributed by atoms with van der Waals surface area (Å²) in [6, 6.07) is 13.7. The quantitative estimate of drug-likeness (QED) is 0.331. The molecule has 0 spiro atoms. The third-order valence-corrected chi connectivity index (χ3v) is 7.43. The molecule has 1 aliphatic heterocycles. The van der Waals surface area contributed by atoms with Gasteiger partial charge < -0.3 is 15.5 Å². The normalized spacial score (nSPS) is 17.3. The summed E-state index contributed by atoms with van der Waals surface area (Å²) in [6.07, 6.45) is 3.70. The Morgan fingerprint density at radius 2 is 1.97 bits per heavy atom. The molecule has 0 saturated carbocycles. The Kier molecular flexibility index (Phi) is 6.80. The van der Waals surface area contributed by atoms with E-state index in [1.54, 1.807) is 41.9 Å². The van der Waals surface area contributed by atoms with Gasteiger partial charge in [0, 0.05) is 42.1 Å². The highest BCUT2D eigenvalue weighted by molar-refractivity contribution is 7.80. The number of halogens is 1. The Hall–Kier alpha value is -3.63. The number of thiocarbonyl (C=S) groups is 1. The number of amides is 1. The van der Waals surface area contributed by atoms with E-state index >= 15 is 0 Å². The van der Waals surface area contributed by atoms with Crippen LogP contribution in [-0.4, -0.2) is 37.0 Å². The van der Waals surface area contributed by atoms with Crippen LogP contribution in [0.4, 0.5) is 10.1 Å². The van der Waals surface area contributed by atoms with Crippen molar-refractivity contribution in [2.45, 2.75) is 32.4 Å². The molecule has 10 heteroatoms. The lowest BCUT2D eigenvalue weighted by Gasteiger charge is -2.28. The Morgan fingerprint density at radius 1 is 1.17 bits per heavy atom. The largest absolute Gasteiger partial charge is 0.352 e. The average molecular weight is 521 g/mol. The molecule has 7 nitrogen and oxygen atoms in total. The lowest BCUT2D eigenvalue weighted by molar-refractivity contribution is -0.116. The molecule has 1 aromatic carbocycles. The Balaban J connectivity index is 1.46. The van der Waals surface area contributed by atoms with Crippen molar-refractivity contribution in [3.05, 3.63) is 94.8 Å². The van der Waals surface area contributed by atoms with Gasteiger partial charge in [-0.1, -0.05) is 18.2 Å². The second-order valence-electron chi connectivity index (χ2n) is 8.57. The molecule has 0 bridgehead atoms. The zero-order valence-electron chi connectivity index (χ0n) is 19.8. The number of carbonyl (C=O) groups excluding carboxylic acids is 1. The fraction of sp³-hybridized carbons (Fsp3) is 0.231. The van der Waals surface area contributed by atoms with E-state index in [2.05, 4.69) is 45.1 Å². The lowest BCUT2D eigenvalue weighted by Crippen LogP contribution is -2.33. The number of nitrogens with one attached hydrogen (secondary N) is 2. The Labute approximate surface area is 218 Å². The fourth-order valence-electron chi connectivity index (χ4n) is 4.69. The van der Waals surface area contributed by atoms with Crippen LogP contribution in [0.5, 0.6) is 0 Å². The van der Waals surface area contributed by atoms with Crippen molar-refractivity contribution in [1.82, 2.24) is 24.8 Å². The number of hydrogen-bond donors (Lipinski definition) is 2. The summed E-state index contributed by atoms with van der Waals surface area (Å²) in [5.41, 5.74) is 4.23. The van der Waals surface area contributed by atoms with Gasteiger partial charge in [-0.2, -0.15) is 0 Å². The zero-order valence-corrected chi connectivity index (χ0v) is 21.4. The number of para-hydroxylation sites is 1. The first-order valence-corrected chi connectivity index (χ1v) is 12.8. The van der Waals surface area contributed by atoms with Crippen molar-refractivity contribution in [2.24, 2.45) is 0 Å². The third kappa shape index (κ3) is 4.61. The minimum absolute atomic E-state index is 0.146. The van der Waals surface area contributed by atoms with Crippen LogP contribution in [0.25, 0.3) is 5.13 Å². The van der Waals surface area contributed by atoms with Crippen LogP contribution in [0.3, 0.4) is 0 Å². The molecule has 4 heterocycles. The summed E-state index contributed by atoms with van der Waals surface area (Å²) in [4.78, 5) is 23.8. The standard InChI is InChI=1S/C26H25FN6OS2/c1-16-15-18(17(2)33(16)26-29-12-14-36-26)24-23(21-9-5-6-11-28-21)31-25(35)32(24)13-10-22(34)30-20-8-4-3-7-19(20)27/h3-9,11-12,14-15,23-24H,10,13H2,1-2H3,(H,30,34)(H,31,35). The van der Waals surface area contributed by atoms with Crippen LogP contribution in [0.2, 0.25) is 0 Å². The monoisotopic (exact) mass is 520 g/mol. The van der Waals surface area contributed by atoms with Crippen molar-refractivity contribution >= 4 is 40.3 Å². The van der Waals surface area contributed by atoms with Crippen LogP contribution >= 0.6 is 23.6 Å². The van der Waals surface area contributed by atoms with Crippen LogP contribution in [0.1, 0.15) is 41.1 Å². The maximum atomic E-state index is 14.0. The SMILES string of the molecule is Cc1cc(C2C(c3ccccn3)NC(=S)N2CCC(=O)Nc2ccccc2F)c(C)n1-c1nccs1. The molecule has 5 rings (SSSR count). The van der Waals surface area contributed by atoms with Gasteiger partial charge in [0.25, 0.3) is 0 Å². The molecule has 0 radical (unpaired) electrons. The number of pyridine rings is 1. The van der Waals surface area contributed by atoms with Crippen molar-refractivity contribution in [3.8, 4) is 5.13 Å². The molecule has 1 saturated heterocycles. The molecule has 36 heavy (non-hydrogen) atoms. The number of aryl methyl sites for hydroxylation is 1. The van der Waals surface area contributed by atoms with E-state index in [9.17, 15) is 9.18 Å². The topological polar surface area (TPSA) is 75.1 Å².